The average Bonchev–Trinajstić information content (AvgIpc) is 3.11. The van der Waals surface area contributed by atoms with Crippen LogP contribution in [0.3, 0.4) is 0 Å². The van der Waals surface area contributed by atoms with Gasteiger partial charge in [0.25, 0.3) is 5.91 Å². The third kappa shape index (κ3) is 4.66. The predicted octanol–water partition coefficient (Wildman–Crippen LogP) is 1.67. The molecule has 31 heavy (non-hydrogen) atoms. The largest absolute Gasteiger partial charge is 0.497 e. The number of anilines is 1. The van der Waals surface area contributed by atoms with Crippen molar-refractivity contribution in [3.63, 3.8) is 0 Å². The highest BCUT2D eigenvalue weighted by Gasteiger charge is 2.38. The molecule has 1 aromatic carbocycles. The monoisotopic (exact) mass is 423 g/mol. The molecule has 1 atom stereocenters. The minimum absolute atomic E-state index is 0.0174. The molecule has 2 aromatic rings. The number of ether oxygens (including phenoxy) is 1. The summed E-state index contributed by atoms with van der Waals surface area (Å²) in [4.78, 5) is 43.0. The van der Waals surface area contributed by atoms with Gasteiger partial charge in [-0.25, -0.2) is 4.79 Å². The number of pyridine rings is 1. The van der Waals surface area contributed by atoms with Crippen molar-refractivity contribution >= 4 is 30.0 Å². The summed E-state index contributed by atoms with van der Waals surface area (Å²) in [5, 5.41) is 8.30. The van der Waals surface area contributed by atoms with Crippen LogP contribution in [0.4, 0.5) is 10.5 Å². The summed E-state index contributed by atoms with van der Waals surface area (Å²) in [6.07, 6.45) is 5.55. The Balaban J connectivity index is 1.85. The van der Waals surface area contributed by atoms with Crippen molar-refractivity contribution in [1.82, 2.24) is 20.5 Å². The van der Waals surface area contributed by atoms with Gasteiger partial charge in [-0.1, -0.05) is 18.7 Å². The number of hydrogen-bond donors (Lipinski definition) is 3. The van der Waals surface area contributed by atoms with Crippen LogP contribution in [0.2, 0.25) is 0 Å². The minimum atomic E-state index is -1.38. The maximum Gasteiger partial charge on any atom is 0.315 e. The predicted molar refractivity (Wildman–Crippen MR) is 117 cm³/mol. The van der Waals surface area contributed by atoms with Crippen molar-refractivity contribution in [2.24, 2.45) is 0 Å². The SMILES string of the molecule is C=Cc1ccncc1NC[C@](C=O)(CN1Cc2ccc(OC)cc2C1=O)NC(=O)NC. The zero-order valence-electron chi connectivity index (χ0n) is 17.5. The van der Waals surface area contributed by atoms with E-state index in [1.807, 2.05) is 6.07 Å². The van der Waals surface area contributed by atoms with Crippen LogP contribution in [0.25, 0.3) is 6.08 Å². The second kappa shape index (κ2) is 9.29. The van der Waals surface area contributed by atoms with Crippen molar-refractivity contribution in [2.45, 2.75) is 12.1 Å². The van der Waals surface area contributed by atoms with E-state index in [-0.39, 0.29) is 19.0 Å². The second-order valence-electron chi connectivity index (χ2n) is 7.18. The van der Waals surface area contributed by atoms with Gasteiger partial charge in [-0.05, 0) is 23.8 Å². The highest BCUT2D eigenvalue weighted by atomic mass is 16.5. The highest BCUT2D eigenvalue weighted by molar-refractivity contribution is 5.99. The third-order valence-corrected chi connectivity index (χ3v) is 5.15. The molecule has 9 nitrogen and oxygen atoms in total. The molecule has 3 amide bonds. The Morgan fingerprint density at radius 1 is 1.39 bits per heavy atom. The number of fused-ring (bicyclic) bond motifs is 1. The van der Waals surface area contributed by atoms with E-state index in [1.54, 1.807) is 36.7 Å². The van der Waals surface area contributed by atoms with Crippen LogP contribution in [-0.4, -0.2) is 60.9 Å². The molecule has 0 radical (unpaired) electrons. The number of benzene rings is 1. The summed E-state index contributed by atoms with van der Waals surface area (Å²) >= 11 is 0. The summed E-state index contributed by atoms with van der Waals surface area (Å²) in [5.74, 6) is 0.348. The number of nitrogens with one attached hydrogen (secondary N) is 3. The van der Waals surface area contributed by atoms with Crippen molar-refractivity contribution < 1.29 is 19.1 Å². The lowest BCUT2D eigenvalue weighted by atomic mass is 10.00. The number of nitrogens with zero attached hydrogens (tertiary/aromatic N) is 2. The fourth-order valence-corrected chi connectivity index (χ4v) is 3.46. The Bertz CT molecular complexity index is 1010. The van der Waals surface area contributed by atoms with Crippen LogP contribution in [0, 0.1) is 0 Å². The summed E-state index contributed by atoms with van der Waals surface area (Å²) in [7, 11) is 2.99. The molecule has 0 saturated heterocycles. The van der Waals surface area contributed by atoms with Crippen LogP contribution < -0.4 is 20.7 Å². The zero-order valence-corrected chi connectivity index (χ0v) is 17.5. The molecule has 0 aliphatic carbocycles. The van der Waals surface area contributed by atoms with E-state index < -0.39 is 11.6 Å². The van der Waals surface area contributed by atoms with Crippen molar-refractivity contribution in [1.29, 1.82) is 0 Å². The van der Waals surface area contributed by atoms with E-state index in [0.29, 0.717) is 29.8 Å². The number of urea groups is 1. The Labute approximate surface area is 180 Å². The van der Waals surface area contributed by atoms with E-state index in [9.17, 15) is 14.4 Å². The maximum absolute atomic E-state index is 13.0. The molecule has 162 valence electrons. The van der Waals surface area contributed by atoms with Crippen LogP contribution in [0.5, 0.6) is 5.75 Å². The van der Waals surface area contributed by atoms with E-state index >= 15 is 0 Å². The van der Waals surface area contributed by atoms with Gasteiger partial charge in [0.15, 0.2) is 0 Å². The standard InChI is InChI=1S/C22H25N5O4/c1-4-15-7-8-24-10-19(15)25-12-22(14-28,26-21(30)23-2)13-27-11-16-5-6-17(31-3)9-18(16)20(27)29/h4-10,14,25H,1,11-13H2,2-3H3,(H2,23,26,30)/t22-/m1/s1. The van der Waals surface area contributed by atoms with E-state index in [0.717, 1.165) is 11.1 Å². The lowest BCUT2D eigenvalue weighted by Gasteiger charge is -2.33. The van der Waals surface area contributed by atoms with Gasteiger partial charge in [-0.2, -0.15) is 0 Å². The lowest BCUT2D eigenvalue weighted by molar-refractivity contribution is -0.113. The Morgan fingerprint density at radius 3 is 2.87 bits per heavy atom. The van der Waals surface area contributed by atoms with Gasteiger partial charge in [0.05, 0.1) is 25.5 Å². The molecule has 1 aromatic heterocycles. The maximum atomic E-state index is 13.0. The first-order valence-electron chi connectivity index (χ1n) is 9.68. The van der Waals surface area contributed by atoms with E-state index in [4.69, 9.17) is 4.74 Å². The lowest BCUT2D eigenvalue weighted by Crippen LogP contribution is -2.62. The van der Waals surface area contributed by atoms with Gasteiger partial charge >= 0.3 is 6.03 Å². The number of carbonyl (C=O) groups is 3. The first-order valence-corrected chi connectivity index (χ1v) is 9.68. The molecule has 3 rings (SSSR count). The summed E-state index contributed by atoms with van der Waals surface area (Å²) < 4.78 is 5.21. The molecule has 3 N–H and O–H groups in total. The molecule has 0 spiro atoms. The number of aromatic nitrogens is 1. The molecule has 0 saturated carbocycles. The smallest absolute Gasteiger partial charge is 0.315 e. The first kappa shape index (κ1) is 21.8. The minimum Gasteiger partial charge on any atom is -0.497 e. The molecular weight excluding hydrogens is 398 g/mol. The summed E-state index contributed by atoms with van der Waals surface area (Å²) in [5.41, 5.74) is 1.43. The van der Waals surface area contributed by atoms with Gasteiger partial charge in [-0.3, -0.25) is 9.78 Å². The quantitative estimate of drug-likeness (QED) is 0.529. The second-order valence-corrected chi connectivity index (χ2v) is 7.18. The molecule has 0 fully saturated rings. The fourth-order valence-electron chi connectivity index (χ4n) is 3.46. The number of aldehydes is 1. The zero-order chi connectivity index (χ0) is 22.4. The fraction of sp³-hybridized carbons (Fsp3) is 0.273. The third-order valence-electron chi connectivity index (χ3n) is 5.15. The molecule has 1 aliphatic heterocycles. The van der Waals surface area contributed by atoms with Crippen molar-refractivity contribution in [3.05, 3.63) is 59.9 Å². The average molecular weight is 423 g/mol. The van der Waals surface area contributed by atoms with E-state index in [2.05, 4.69) is 27.5 Å². The van der Waals surface area contributed by atoms with Gasteiger partial charge < -0.3 is 30.4 Å². The summed E-state index contributed by atoms with van der Waals surface area (Å²) in [6.45, 7) is 4.12. The van der Waals surface area contributed by atoms with Crippen LogP contribution in [-0.2, 0) is 11.3 Å². The molecule has 9 heteroatoms. The first-order chi connectivity index (χ1) is 14.9. The van der Waals surface area contributed by atoms with Crippen LogP contribution in [0.1, 0.15) is 21.5 Å². The highest BCUT2D eigenvalue weighted by Crippen LogP contribution is 2.28. The summed E-state index contributed by atoms with van der Waals surface area (Å²) in [6, 6.07) is 6.53. The molecule has 0 unspecified atom stereocenters. The Morgan fingerprint density at radius 2 is 2.19 bits per heavy atom. The van der Waals surface area contributed by atoms with Gasteiger partial charge in [0, 0.05) is 37.5 Å². The van der Waals surface area contributed by atoms with Crippen LogP contribution in [0.15, 0.2) is 43.2 Å². The van der Waals surface area contributed by atoms with Gasteiger partial charge in [0.1, 0.15) is 17.6 Å². The Hall–Kier alpha value is -3.88. The number of methoxy groups -OCH3 is 1. The van der Waals surface area contributed by atoms with Crippen molar-refractivity contribution in [3.8, 4) is 5.75 Å². The normalized spacial score (nSPS) is 14.3. The topological polar surface area (TPSA) is 113 Å². The van der Waals surface area contributed by atoms with Crippen molar-refractivity contribution in [2.75, 3.05) is 32.6 Å². The van der Waals surface area contributed by atoms with E-state index in [1.165, 1.54) is 19.1 Å². The number of amides is 3. The Kier molecular flexibility index (Phi) is 6.54. The van der Waals surface area contributed by atoms with Gasteiger partial charge in [0.2, 0.25) is 0 Å². The number of rotatable bonds is 9. The van der Waals surface area contributed by atoms with Crippen LogP contribution >= 0.6 is 0 Å². The molecular formula is C22H25N5O4. The molecule has 1 aliphatic rings. The number of carbonyl (C=O) groups excluding carboxylic acids is 3. The molecule has 0 bridgehead atoms. The van der Waals surface area contributed by atoms with Gasteiger partial charge in [-0.15, -0.1) is 0 Å². The number of hydrogen-bond acceptors (Lipinski definition) is 6. The molecule has 2 heterocycles.